The Balaban J connectivity index is 3.26. The van der Waals surface area contributed by atoms with Crippen LogP contribution in [0.4, 0.5) is 5.69 Å². The highest BCUT2D eigenvalue weighted by molar-refractivity contribution is 5.49. The van der Waals surface area contributed by atoms with Gasteiger partial charge in [0.05, 0.1) is 12.0 Å². The monoisotopic (exact) mass is 240 g/mol. The molecule has 0 aliphatic heterocycles. The van der Waals surface area contributed by atoms with Gasteiger partial charge in [0, 0.05) is 19.7 Å². The van der Waals surface area contributed by atoms with Gasteiger partial charge in [0.1, 0.15) is 5.60 Å². The van der Waals surface area contributed by atoms with E-state index < -0.39 is 10.5 Å². The highest BCUT2D eigenvalue weighted by atomic mass is 16.6. The lowest BCUT2D eigenvalue weighted by Crippen LogP contribution is -2.33. The van der Waals surface area contributed by atoms with E-state index in [1.54, 1.807) is 19.2 Å². The summed E-state index contributed by atoms with van der Waals surface area (Å²) in [7, 11) is 2.93. The van der Waals surface area contributed by atoms with Gasteiger partial charge in [-0.3, -0.25) is 10.1 Å². The number of ether oxygens (including phenoxy) is 2. The van der Waals surface area contributed by atoms with E-state index in [1.165, 1.54) is 13.2 Å². The van der Waals surface area contributed by atoms with E-state index in [2.05, 4.69) is 0 Å². The Hall–Kier alpha value is -1.66. The summed E-state index contributed by atoms with van der Waals surface area (Å²) in [6.45, 7) is 2.08. The Morgan fingerprint density at radius 3 is 2.53 bits per heavy atom. The van der Waals surface area contributed by atoms with Gasteiger partial charge in [-0.15, -0.1) is 0 Å². The Labute approximate surface area is 99.5 Å². The van der Waals surface area contributed by atoms with Crippen LogP contribution in [0, 0.1) is 10.1 Å². The fourth-order valence-electron chi connectivity index (χ4n) is 1.48. The van der Waals surface area contributed by atoms with Gasteiger partial charge in [-0.25, -0.2) is 0 Å². The van der Waals surface area contributed by atoms with Crippen LogP contribution in [0.3, 0.4) is 0 Å². The Morgan fingerprint density at radius 2 is 2.12 bits per heavy atom. The lowest BCUT2D eigenvalue weighted by Gasteiger charge is -2.27. The largest absolute Gasteiger partial charge is 0.490 e. The number of hydrogen-bond donors (Lipinski definition) is 1. The number of rotatable bonds is 5. The van der Waals surface area contributed by atoms with E-state index in [4.69, 9.17) is 15.2 Å². The van der Waals surface area contributed by atoms with Crippen LogP contribution in [0.25, 0.3) is 0 Å². The molecule has 0 bridgehead atoms. The summed E-state index contributed by atoms with van der Waals surface area (Å²) >= 11 is 0. The molecule has 0 amide bonds. The summed E-state index contributed by atoms with van der Waals surface area (Å²) in [5.41, 5.74) is 5.62. The quantitative estimate of drug-likeness (QED) is 0.621. The number of nitro benzene ring substituents is 1. The van der Waals surface area contributed by atoms with Crippen LogP contribution in [-0.2, 0) is 10.3 Å². The van der Waals surface area contributed by atoms with E-state index in [-0.39, 0.29) is 18.0 Å². The number of methoxy groups -OCH3 is 2. The van der Waals surface area contributed by atoms with E-state index in [1.807, 2.05) is 6.92 Å². The molecule has 0 fully saturated rings. The molecule has 1 aromatic carbocycles. The molecule has 1 rings (SSSR count). The van der Waals surface area contributed by atoms with Crippen LogP contribution in [-0.4, -0.2) is 25.7 Å². The van der Waals surface area contributed by atoms with Crippen molar-refractivity contribution in [3.63, 3.8) is 0 Å². The van der Waals surface area contributed by atoms with Gasteiger partial charge < -0.3 is 15.2 Å². The molecule has 1 unspecified atom stereocenters. The maximum atomic E-state index is 10.8. The molecule has 2 N–H and O–H groups in total. The predicted molar refractivity (Wildman–Crippen MR) is 63.1 cm³/mol. The van der Waals surface area contributed by atoms with Crippen LogP contribution in [0.15, 0.2) is 18.2 Å². The topological polar surface area (TPSA) is 87.6 Å². The van der Waals surface area contributed by atoms with Crippen molar-refractivity contribution >= 4 is 5.69 Å². The molecule has 1 atom stereocenters. The molecule has 6 heteroatoms. The first-order chi connectivity index (χ1) is 7.98. The van der Waals surface area contributed by atoms with Gasteiger partial charge in [0.2, 0.25) is 0 Å². The number of nitro groups is 1. The third-order valence-electron chi connectivity index (χ3n) is 2.83. The predicted octanol–water partition coefficient (Wildman–Crippen LogP) is 1.42. The summed E-state index contributed by atoms with van der Waals surface area (Å²) in [5.74, 6) is 0.198. The Kier molecular flexibility index (Phi) is 4.03. The van der Waals surface area contributed by atoms with Gasteiger partial charge in [0.25, 0.3) is 0 Å². The van der Waals surface area contributed by atoms with Gasteiger partial charge in [0.15, 0.2) is 5.75 Å². The average molecular weight is 240 g/mol. The molecule has 0 heterocycles. The number of nitrogens with two attached hydrogens (primary N) is 1. The molecular weight excluding hydrogens is 224 g/mol. The second kappa shape index (κ2) is 5.11. The van der Waals surface area contributed by atoms with Gasteiger partial charge in [-0.05, 0) is 24.6 Å². The molecule has 0 saturated heterocycles. The van der Waals surface area contributed by atoms with Crippen molar-refractivity contribution in [2.45, 2.75) is 12.5 Å². The second-order valence-corrected chi connectivity index (χ2v) is 3.78. The lowest BCUT2D eigenvalue weighted by molar-refractivity contribution is -0.385. The minimum absolute atomic E-state index is 0.0771. The minimum Gasteiger partial charge on any atom is -0.490 e. The maximum absolute atomic E-state index is 10.8. The number of benzene rings is 1. The lowest BCUT2D eigenvalue weighted by atomic mass is 9.95. The fraction of sp³-hybridized carbons (Fsp3) is 0.455. The van der Waals surface area contributed by atoms with Crippen molar-refractivity contribution in [3.05, 3.63) is 33.9 Å². The Bertz CT molecular complexity index is 416. The third-order valence-corrected chi connectivity index (χ3v) is 2.83. The van der Waals surface area contributed by atoms with E-state index in [0.717, 1.165) is 5.56 Å². The first-order valence-corrected chi connectivity index (χ1v) is 5.06. The zero-order valence-corrected chi connectivity index (χ0v) is 10.1. The molecule has 0 aliphatic rings. The number of hydrogen-bond acceptors (Lipinski definition) is 5. The molecule has 17 heavy (non-hydrogen) atoms. The fourth-order valence-corrected chi connectivity index (χ4v) is 1.48. The molecule has 0 saturated carbocycles. The smallest absolute Gasteiger partial charge is 0.310 e. The first-order valence-electron chi connectivity index (χ1n) is 5.06. The molecular formula is C11H16N2O4. The van der Waals surface area contributed by atoms with Crippen LogP contribution in [0.1, 0.15) is 12.5 Å². The maximum Gasteiger partial charge on any atom is 0.310 e. The molecule has 0 radical (unpaired) electrons. The van der Waals surface area contributed by atoms with Crippen molar-refractivity contribution < 1.29 is 14.4 Å². The van der Waals surface area contributed by atoms with Crippen LogP contribution < -0.4 is 10.5 Å². The van der Waals surface area contributed by atoms with Gasteiger partial charge in [-0.1, -0.05) is 0 Å². The van der Waals surface area contributed by atoms with Crippen molar-refractivity contribution in [1.82, 2.24) is 0 Å². The third kappa shape index (κ3) is 2.54. The standard InChI is InChI=1S/C11H16N2O4/c1-11(7-12,17-3)8-4-5-9(13(14)15)10(6-8)16-2/h4-6H,7,12H2,1-3H3. The van der Waals surface area contributed by atoms with E-state index in [0.29, 0.717) is 0 Å². The zero-order chi connectivity index (χ0) is 13.1. The van der Waals surface area contributed by atoms with Crippen LogP contribution in [0.2, 0.25) is 0 Å². The minimum atomic E-state index is -0.678. The van der Waals surface area contributed by atoms with E-state index >= 15 is 0 Å². The van der Waals surface area contributed by atoms with Crippen LogP contribution in [0.5, 0.6) is 5.75 Å². The van der Waals surface area contributed by atoms with Crippen molar-refractivity contribution in [3.8, 4) is 5.75 Å². The second-order valence-electron chi connectivity index (χ2n) is 3.78. The van der Waals surface area contributed by atoms with Gasteiger partial charge >= 0.3 is 5.69 Å². The molecule has 0 aliphatic carbocycles. The van der Waals surface area contributed by atoms with Crippen LogP contribution >= 0.6 is 0 Å². The summed E-state index contributed by atoms with van der Waals surface area (Å²) in [6, 6.07) is 4.59. The zero-order valence-electron chi connectivity index (χ0n) is 10.1. The average Bonchev–Trinajstić information content (AvgIpc) is 2.36. The first kappa shape index (κ1) is 13.4. The highest BCUT2D eigenvalue weighted by Crippen LogP contribution is 2.32. The molecule has 6 nitrogen and oxygen atoms in total. The van der Waals surface area contributed by atoms with Crippen molar-refractivity contribution in [2.75, 3.05) is 20.8 Å². The molecule has 0 aromatic heterocycles. The summed E-state index contributed by atoms with van der Waals surface area (Å²) < 4.78 is 10.3. The summed E-state index contributed by atoms with van der Waals surface area (Å²) in [4.78, 5) is 10.3. The van der Waals surface area contributed by atoms with Gasteiger partial charge in [-0.2, -0.15) is 0 Å². The normalized spacial score (nSPS) is 14.1. The molecule has 1 aromatic rings. The number of nitrogens with zero attached hydrogens (tertiary/aromatic N) is 1. The SMILES string of the molecule is COc1cc(C(C)(CN)OC)ccc1[N+](=O)[O-]. The summed E-state index contributed by atoms with van der Waals surface area (Å²) in [5, 5.41) is 10.8. The molecule has 0 spiro atoms. The molecule has 94 valence electrons. The highest BCUT2D eigenvalue weighted by Gasteiger charge is 2.27. The van der Waals surface area contributed by atoms with Crippen molar-refractivity contribution in [2.24, 2.45) is 5.73 Å². The Morgan fingerprint density at radius 1 is 1.47 bits per heavy atom. The van der Waals surface area contributed by atoms with Crippen molar-refractivity contribution in [1.29, 1.82) is 0 Å². The summed E-state index contributed by atoms with van der Waals surface area (Å²) in [6.07, 6.45) is 0. The van der Waals surface area contributed by atoms with E-state index in [9.17, 15) is 10.1 Å².